The van der Waals surface area contributed by atoms with E-state index in [4.69, 9.17) is 0 Å². The number of nitrogens with zero attached hydrogens (tertiary/aromatic N) is 3. The van der Waals surface area contributed by atoms with Crippen LogP contribution in [-0.4, -0.2) is 31.7 Å². The molecular weight excluding hydrogens is 304 g/mol. The van der Waals surface area contributed by atoms with Crippen molar-refractivity contribution in [1.29, 1.82) is 0 Å². The molecule has 0 bridgehead atoms. The molecule has 4 rings (SSSR count). The van der Waals surface area contributed by atoms with Gasteiger partial charge in [-0.15, -0.1) is 0 Å². The summed E-state index contributed by atoms with van der Waals surface area (Å²) >= 11 is 0. The molecule has 2 aromatic heterocycles. The third-order valence-electron chi connectivity index (χ3n) is 4.61. The Morgan fingerprint density at radius 1 is 1.42 bits per heavy atom. The highest BCUT2D eigenvalue weighted by Crippen LogP contribution is 2.23. The SMILES string of the molecule is Cn1ccnc1[C@@H]1NC(=O)CC[C@H]1NCc1ccc2cn[nH]c2c1. The fourth-order valence-corrected chi connectivity index (χ4v) is 3.28. The maximum absolute atomic E-state index is 11.8. The van der Waals surface area contributed by atoms with Gasteiger partial charge in [0.2, 0.25) is 5.91 Å². The number of aryl methyl sites for hydroxylation is 1. The summed E-state index contributed by atoms with van der Waals surface area (Å²) in [6, 6.07) is 6.31. The van der Waals surface area contributed by atoms with Crippen LogP contribution < -0.4 is 10.6 Å². The Morgan fingerprint density at radius 2 is 2.33 bits per heavy atom. The fourth-order valence-electron chi connectivity index (χ4n) is 3.28. The number of H-pyrrole nitrogens is 1. The number of piperidine rings is 1. The first kappa shape index (κ1) is 14.9. The zero-order valence-corrected chi connectivity index (χ0v) is 13.5. The van der Waals surface area contributed by atoms with Gasteiger partial charge in [-0.25, -0.2) is 4.98 Å². The predicted octanol–water partition coefficient (Wildman–Crippen LogP) is 1.41. The summed E-state index contributed by atoms with van der Waals surface area (Å²) in [4.78, 5) is 16.2. The van der Waals surface area contributed by atoms with Crippen molar-refractivity contribution in [3.63, 3.8) is 0 Å². The van der Waals surface area contributed by atoms with Gasteiger partial charge in [0, 0.05) is 43.8 Å². The molecule has 124 valence electrons. The lowest BCUT2D eigenvalue weighted by Crippen LogP contribution is -2.49. The Bertz CT molecular complexity index is 867. The van der Waals surface area contributed by atoms with Gasteiger partial charge >= 0.3 is 0 Å². The first-order valence-corrected chi connectivity index (χ1v) is 8.13. The highest BCUT2D eigenvalue weighted by Gasteiger charge is 2.31. The van der Waals surface area contributed by atoms with Crippen LogP contribution in [-0.2, 0) is 18.4 Å². The van der Waals surface area contributed by atoms with Crippen molar-refractivity contribution in [3.05, 3.63) is 48.2 Å². The van der Waals surface area contributed by atoms with Crippen molar-refractivity contribution < 1.29 is 4.79 Å². The van der Waals surface area contributed by atoms with Crippen molar-refractivity contribution in [2.45, 2.75) is 31.5 Å². The molecule has 7 heteroatoms. The van der Waals surface area contributed by atoms with Crippen LogP contribution in [0.25, 0.3) is 10.9 Å². The molecule has 7 nitrogen and oxygen atoms in total. The van der Waals surface area contributed by atoms with Crippen molar-refractivity contribution >= 4 is 16.8 Å². The van der Waals surface area contributed by atoms with E-state index in [1.807, 2.05) is 24.0 Å². The van der Waals surface area contributed by atoms with Crippen molar-refractivity contribution in [2.24, 2.45) is 7.05 Å². The lowest BCUT2D eigenvalue weighted by atomic mass is 9.96. The molecule has 1 saturated heterocycles. The second-order valence-electron chi connectivity index (χ2n) is 6.26. The van der Waals surface area contributed by atoms with Crippen molar-refractivity contribution in [3.8, 4) is 0 Å². The number of benzene rings is 1. The second-order valence-corrected chi connectivity index (χ2v) is 6.26. The number of carbonyl (C=O) groups is 1. The van der Waals surface area contributed by atoms with Crippen molar-refractivity contribution in [2.75, 3.05) is 0 Å². The van der Waals surface area contributed by atoms with Crippen molar-refractivity contribution in [1.82, 2.24) is 30.4 Å². The second kappa shape index (κ2) is 6.09. The number of aromatic nitrogens is 4. The van der Waals surface area contributed by atoms with Gasteiger partial charge in [0.25, 0.3) is 0 Å². The molecule has 3 heterocycles. The Morgan fingerprint density at radius 3 is 3.17 bits per heavy atom. The van der Waals surface area contributed by atoms with Crippen LogP contribution in [0.1, 0.15) is 30.3 Å². The van der Waals surface area contributed by atoms with Crippen LogP contribution in [0.5, 0.6) is 0 Å². The molecule has 1 aromatic carbocycles. The molecule has 1 aliphatic heterocycles. The molecule has 1 fully saturated rings. The third kappa shape index (κ3) is 2.78. The highest BCUT2D eigenvalue weighted by atomic mass is 16.1. The smallest absolute Gasteiger partial charge is 0.220 e. The van der Waals surface area contributed by atoms with Gasteiger partial charge in [-0.1, -0.05) is 12.1 Å². The normalized spacial score (nSPS) is 21.1. The predicted molar refractivity (Wildman–Crippen MR) is 90.0 cm³/mol. The number of carbonyl (C=O) groups excluding carboxylic acids is 1. The Hall–Kier alpha value is -2.67. The Kier molecular flexibility index (Phi) is 3.78. The molecule has 0 radical (unpaired) electrons. The monoisotopic (exact) mass is 324 g/mol. The van der Waals surface area contributed by atoms with E-state index in [0.717, 1.165) is 29.7 Å². The minimum absolute atomic E-state index is 0.0833. The number of amides is 1. The summed E-state index contributed by atoms with van der Waals surface area (Å²) in [7, 11) is 1.95. The van der Waals surface area contributed by atoms with Gasteiger partial charge in [0.05, 0.1) is 11.7 Å². The number of imidazole rings is 1. The quantitative estimate of drug-likeness (QED) is 0.677. The summed E-state index contributed by atoms with van der Waals surface area (Å²) in [5.74, 6) is 0.962. The molecule has 3 aromatic rings. The molecule has 3 N–H and O–H groups in total. The topological polar surface area (TPSA) is 87.6 Å². The molecule has 0 unspecified atom stereocenters. The van der Waals surface area contributed by atoms with Gasteiger partial charge in [0.1, 0.15) is 11.9 Å². The standard InChI is InChI=1S/C17H20N6O/c1-23-7-6-18-17(23)16-13(4-5-15(24)21-16)19-9-11-2-3-12-10-20-22-14(12)8-11/h2-3,6-8,10,13,16,19H,4-5,9H2,1H3,(H,20,22)(H,21,24)/t13-,16-/m1/s1. The van der Waals surface area contributed by atoms with Crippen LogP contribution in [0.2, 0.25) is 0 Å². The molecule has 24 heavy (non-hydrogen) atoms. The van der Waals surface area contributed by atoms with E-state index in [1.165, 1.54) is 5.56 Å². The lowest BCUT2D eigenvalue weighted by molar-refractivity contribution is -0.124. The first-order valence-electron chi connectivity index (χ1n) is 8.13. The van der Waals surface area contributed by atoms with Gasteiger partial charge in [-0.2, -0.15) is 5.10 Å². The third-order valence-corrected chi connectivity index (χ3v) is 4.61. The summed E-state index contributed by atoms with van der Waals surface area (Å²) in [6.07, 6.45) is 6.83. The summed E-state index contributed by atoms with van der Waals surface area (Å²) < 4.78 is 1.96. The number of fused-ring (bicyclic) bond motifs is 1. The van der Waals surface area contributed by atoms with E-state index in [2.05, 4.69) is 44.0 Å². The number of aromatic amines is 1. The maximum atomic E-state index is 11.8. The molecule has 1 aliphatic rings. The Balaban J connectivity index is 1.51. The average Bonchev–Trinajstić information content (AvgIpc) is 3.21. The van der Waals surface area contributed by atoms with Gasteiger partial charge < -0.3 is 15.2 Å². The van der Waals surface area contributed by atoms with Crippen LogP contribution in [0.3, 0.4) is 0 Å². The molecule has 2 atom stereocenters. The summed E-state index contributed by atoms with van der Waals surface area (Å²) in [6.45, 7) is 0.733. The first-order chi connectivity index (χ1) is 11.7. The molecule has 0 spiro atoms. The maximum Gasteiger partial charge on any atom is 0.220 e. The van der Waals surface area contributed by atoms with Gasteiger partial charge in [-0.05, 0) is 18.1 Å². The Labute approximate surface area is 139 Å². The lowest BCUT2D eigenvalue weighted by Gasteiger charge is -2.32. The van der Waals surface area contributed by atoms with Gasteiger partial charge in [0.15, 0.2) is 0 Å². The van der Waals surface area contributed by atoms with Gasteiger partial charge in [-0.3, -0.25) is 9.89 Å². The van der Waals surface area contributed by atoms with E-state index >= 15 is 0 Å². The van der Waals surface area contributed by atoms with E-state index in [0.29, 0.717) is 6.42 Å². The van der Waals surface area contributed by atoms with Crippen LogP contribution >= 0.6 is 0 Å². The summed E-state index contributed by atoms with van der Waals surface area (Å²) in [5.41, 5.74) is 2.22. The van der Waals surface area contributed by atoms with E-state index in [9.17, 15) is 4.79 Å². The molecule has 0 aliphatic carbocycles. The van der Waals surface area contributed by atoms with E-state index in [-0.39, 0.29) is 18.0 Å². The van der Waals surface area contributed by atoms with E-state index < -0.39 is 0 Å². The number of nitrogens with one attached hydrogen (secondary N) is 3. The largest absolute Gasteiger partial charge is 0.345 e. The zero-order valence-electron chi connectivity index (χ0n) is 13.5. The summed E-state index contributed by atoms with van der Waals surface area (Å²) in [5, 5.41) is 14.8. The molecule has 0 saturated carbocycles. The average molecular weight is 324 g/mol. The zero-order chi connectivity index (χ0) is 16.5. The minimum Gasteiger partial charge on any atom is -0.345 e. The van der Waals surface area contributed by atoms with Crippen LogP contribution in [0.15, 0.2) is 36.8 Å². The number of hydrogen-bond donors (Lipinski definition) is 3. The molecular formula is C17H20N6O. The fraction of sp³-hybridized carbons (Fsp3) is 0.353. The minimum atomic E-state index is -0.109. The number of rotatable bonds is 4. The molecule has 1 amide bonds. The number of hydrogen-bond acceptors (Lipinski definition) is 4. The van der Waals surface area contributed by atoms with Crippen LogP contribution in [0.4, 0.5) is 0 Å². The van der Waals surface area contributed by atoms with Crippen LogP contribution in [0, 0.1) is 0 Å². The van der Waals surface area contributed by atoms with E-state index in [1.54, 1.807) is 6.20 Å². The highest BCUT2D eigenvalue weighted by molar-refractivity contribution is 5.78.